The van der Waals surface area contributed by atoms with Crippen LogP contribution in [0.15, 0.2) is 46.2 Å². The summed E-state index contributed by atoms with van der Waals surface area (Å²) in [5, 5.41) is 13.5. The van der Waals surface area contributed by atoms with E-state index in [4.69, 9.17) is 4.74 Å². The van der Waals surface area contributed by atoms with Crippen molar-refractivity contribution in [2.45, 2.75) is 53.5 Å². The van der Waals surface area contributed by atoms with Crippen molar-refractivity contribution in [3.8, 4) is 6.07 Å². The highest BCUT2D eigenvalue weighted by Gasteiger charge is 2.41. The van der Waals surface area contributed by atoms with Crippen molar-refractivity contribution < 1.29 is 22.3 Å². The number of nitrogens with one attached hydrogen (secondary N) is 2. The fraction of sp³-hybridized carbons (Fsp3) is 0.481. The number of likely N-dealkylation sites (tertiary alicyclic amines) is 1. The van der Waals surface area contributed by atoms with E-state index in [1.807, 2.05) is 29.6 Å². The van der Waals surface area contributed by atoms with Crippen LogP contribution in [0.5, 0.6) is 0 Å². The molecule has 1 heterocycles. The molecule has 1 atom stereocenters. The van der Waals surface area contributed by atoms with Gasteiger partial charge in [-0.25, -0.2) is 17.5 Å². The number of methoxy groups -OCH3 is 1. The first-order chi connectivity index (χ1) is 18.6. The summed E-state index contributed by atoms with van der Waals surface area (Å²) >= 11 is 3.62. The largest absolute Gasteiger partial charge is 0.379 e. The third-order valence-electron chi connectivity index (χ3n) is 7.42. The Bertz CT molecular complexity index is 1340. The van der Waals surface area contributed by atoms with Crippen LogP contribution in [-0.4, -0.2) is 63.9 Å². The zero-order valence-corrected chi connectivity index (χ0v) is 25.7. The monoisotopic (exact) mass is 686 g/mol. The second-order valence-corrected chi connectivity index (χ2v) is 14.1. The lowest BCUT2D eigenvalue weighted by molar-refractivity contribution is -0.145. The summed E-state index contributed by atoms with van der Waals surface area (Å²) in [5.74, 6) is 0.0478. The zero-order chi connectivity index (χ0) is 28.2. The smallest absolute Gasteiger partial charge is 0.265 e. The van der Waals surface area contributed by atoms with E-state index < -0.39 is 21.5 Å². The molecule has 2 N–H and O–H groups in total. The predicted molar refractivity (Wildman–Crippen MR) is 158 cm³/mol. The molecule has 0 radical (unpaired) electrons. The van der Waals surface area contributed by atoms with Crippen molar-refractivity contribution in [1.29, 1.82) is 5.26 Å². The van der Waals surface area contributed by atoms with Crippen LogP contribution in [0.2, 0.25) is 0 Å². The average molecular weight is 687 g/mol. The topological polar surface area (TPSA) is 112 Å². The maximum Gasteiger partial charge on any atom is 0.265 e. The van der Waals surface area contributed by atoms with Crippen LogP contribution in [0, 0.1) is 26.6 Å². The maximum absolute atomic E-state index is 13.3. The predicted octanol–water partition coefficient (Wildman–Crippen LogP) is 4.59. The first-order valence-corrected chi connectivity index (χ1v) is 16.3. The molecule has 1 unspecified atom stereocenters. The lowest BCUT2D eigenvalue weighted by atomic mass is 9.84. The molecular weight excluding hydrogens is 654 g/mol. The minimum Gasteiger partial charge on any atom is -0.379 e. The summed E-state index contributed by atoms with van der Waals surface area (Å²) in [6.45, 7) is 1.78. The van der Waals surface area contributed by atoms with Crippen LogP contribution >= 0.6 is 34.4 Å². The molecule has 1 saturated heterocycles. The van der Waals surface area contributed by atoms with Gasteiger partial charge in [-0.2, -0.15) is 5.26 Å². The number of rotatable bonds is 10. The summed E-state index contributed by atoms with van der Waals surface area (Å²) in [7, 11) is -0.757. The molecule has 2 fully saturated rings. The Morgan fingerprint density at radius 3 is 2.51 bits per heavy atom. The second-order valence-electron chi connectivity index (χ2n) is 10.1. The highest BCUT2D eigenvalue weighted by molar-refractivity contribution is 14.1. The number of hydrogen-bond donors (Lipinski definition) is 2. The highest BCUT2D eigenvalue weighted by Crippen LogP contribution is 2.34. The van der Waals surface area contributed by atoms with Gasteiger partial charge >= 0.3 is 0 Å². The standard InChI is InChI=1S/C27H32FIN4O4S2/c1-33-15-19(16-33)24(17-38-21-8-6-20(28)7-9-21)31-25-18(14-30)12-22(13-23(25)29)39(35,36)32-26(34)27(37-2)10-4-3-5-11-27/h6-9,12-13,19,24,31H,3-5,10-11,15-17H2,1-2H3,(H,32,34). The Morgan fingerprint density at radius 1 is 1.26 bits per heavy atom. The van der Waals surface area contributed by atoms with Gasteiger partial charge in [0.2, 0.25) is 0 Å². The fourth-order valence-electron chi connectivity index (χ4n) is 5.09. The van der Waals surface area contributed by atoms with E-state index in [9.17, 15) is 22.9 Å². The van der Waals surface area contributed by atoms with Crippen molar-refractivity contribution in [2.75, 3.05) is 38.3 Å². The number of hydrogen-bond acceptors (Lipinski definition) is 8. The number of ether oxygens (including phenoxy) is 1. The molecule has 0 spiro atoms. The van der Waals surface area contributed by atoms with Crippen molar-refractivity contribution in [3.05, 3.63) is 51.3 Å². The summed E-state index contributed by atoms with van der Waals surface area (Å²) in [6, 6.07) is 11.2. The normalized spacial score (nSPS) is 18.5. The number of thioether (sulfide) groups is 1. The summed E-state index contributed by atoms with van der Waals surface area (Å²) in [4.78, 5) is 16.0. The average Bonchev–Trinajstić information content (AvgIpc) is 2.90. The molecule has 1 aliphatic heterocycles. The Balaban J connectivity index is 1.55. The van der Waals surface area contributed by atoms with Crippen molar-refractivity contribution in [1.82, 2.24) is 9.62 Å². The quantitative estimate of drug-likeness (QED) is 0.276. The van der Waals surface area contributed by atoms with E-state index in [1.165, 1.54) is 31.4 Å². The minimum absolute atomic E-state index is 0.00751. The molecule has 0 bridgehead atoms. The number of benzene rings is 2. The summed E-state index contributed by atoms with van der Waals surface area (Å²) in [5.41, 5.74) is -0.426. The van der Waals surface area contributed by atoms with Crippen LogP contribution in [-0.2, 0) is 19.6 Å². The Hall–Kier alpha value is -1.92. The number of sulfonamides is 1. The Labute approximate surface area is 247 Å². The minimum atomic E-state index is -4.23. The van der Waals surface area contributed by atoms with Crippen molar-refractivity contribution in [2.24, 2.45) is 5.92 Å². The number of carbonyl (C=O) groups excluding carboxylic acids is 1. The van der Waals surface area contributed by atoms with Gasteiger partial charge < -0.3 is 15.0 Å². The lowest BCUT2D eigenvalue weighted by Gasteiger charge is -2.42. The van der Waals surface area contributed by atoms with Gasteiger partial charge in [0.1, 0.15) is 17.5 Å². The first kappa shape index (κ1) is 30.0. The molecule has 12 heteroatoms. The third-order valence-corrected chi connectivity index (χ3v) is 10.7. The number of nitriles is 1. The number of amides is 1. The fourth-order valence-corrected chi connectivity index (χ4v) is 8.24. The molecule has 39 heavy (non-hydrogen) atoms. The van der Waals surface area contributed by atoms with Gasteiger partial charge in [0.05, 0.1) is 16.1 Å². The maximum atomic E-state index is 13.3. The number of halogens is 2. The molecule has 8 nitrogen and oxygen atoms in total. The molecule has 210 valence electrons. The molecule has 2 aliphatic rings. The Kier molecular flexibility index (Phi) is 9.80. The number of nitrogens with zero attached hydrogens (tertiary/aromatic N) is 2. The van der Waals surface area contributed by atoms with E-state index >= 15 is 0 Å². The van der Waals surface area contributed by atoms with Crippen LogP contribution in [0.25, 0.3) is 0 Å². The molecule has 2 aromatic rings. The van der Waals surface area contributed by atoms with Crippen LogP contribution < -0.4 is 10.0 Å². The van der Waals surface area contributed by atoms with Crippen LogP contribution in [0.3, 0.4) is 0 Å². The van der Waals surface area contributed by atoms with E-state index in [0.717, 1.165) is 37.2 Å². The zero-order valence-electron chi connectivity index (χ0n) is 21.9. The van der Waals surface area contributed by atoms with Gasteiger partial charge in [-0.3, -0.25) is 4.79 Å². The highest BCUT2D eigenvalue weighted by atomic mass is 127. The van der Waals surface area contributed by atoms with E-state index in [2.05, 4.69) is 21.0 Å². The summed E-state index contributed by atoms with van der Waals surface area (Å²) in [6.07, 6.45) is 3.47. The van der Waals surface area contributed by atoms with E-state index in [0.29, 0.717) is 33.8 Å². The lowest BCUT2D eigenvalue weighted by Crippen LogP contribution is -2.52. The van der Waals surface area contributed by atoms with E-state index in [1.54, 1.807) is 23.9 Å². The number of carbonyl (C=O) groups is 1. The first-order valence-electron chi connectivity index (χ1n) is 12.8. The molecule has 1 saturated carbocycles. The molecule has 2 aromatic carbocycles. The van der Waals surface area contributed by atoms with Gasteiger partial charge in [0, 0.05) is 46.4 Å². The molecular formula is C27H32FIN4O4S2. The van der Waals surface area contributed by atoms with Crippen molar-refractivity contribution >= 4 is 56.0 Å². The SMILES string of the molecule is COC1(C(=O)NS(=O)(=O)c2cc(I)c(NC(CSc3ccc(F)cc3)C3CN(C)C3)c(C#N)c2)CCCCC1. The number of anilines is 1. The Morgan fingerprint density at radius 2 is 1.92 bits per heavy atom. The van der Waals surface area contributed by atoms with Gasteiger partial charge in [-0.15, -0.1) is 11.8 Å². The van der Waals surface area contributed by atoms with Crippen LogP contribution in [0.4, 0.5) is 10.1 Å². The molecule has 4 rings (SSSR count). The molecule has 0 aromatic heterocycles. The third kappa shape index (κ3) is 7.05. The van der Waals surface area contributed by atoms with Gasteiger partial charge in [0.15, 0.2) is 0 Å². The van der Waals surface area contributed by atoms with Crippen LogP contribution in [0.1, 0.15) is 37.7 Å². The van der Waals surface area contributed by atoms with Gasteiger partial charge in [0.25, 0.3) is 15.9 Å². The van der Waals surface area contributed by atoms with Gasteiger partial charge in [-0.05, 0) is 78.9 Å². The van der Waals surface area contributed by atoms with Crippen molar-refractivity contribution in [3.63, 3.8) is 0 Å². The summed E-state index contributed by atoms with van der Waals surface area (Å²) < 4.78 is 48.0. The van der Waals surface area contributed by atoms with E-state index in [-0.39, 0.29) is 22.3 Å². The molecule has 1 aliphatic carbocycles. The molecule has 1 amide bonds. The second kappa shape index (κ2) is 12.7. The van der Waals surface area contributed by atoms with Gasteiger partial charge in [-0.1, -0.05) is 19.3 Å².